The molecule has 7 aromatic carbocycles. The second-order valence-corrected chi connectivity index (χ2v) is 14.1. The predicted octanol–water partition coefficient (Wildman–Crippen LogP) is 11.9. The van der Waals surface area contributed by atoms with E-state index in [0.29, 0.717) is 11.4 Å². The molecule has 0 spiro atoms. The number of aromatic nitrogens is 3. The van der Waals surface area contributed by atoms with E-state index in [4.69, 9.17) is 9.97 Å². The molecule has 0 unspecified atom stereocenters. The van der Waals surface area contributed by atoms with E-state index in [9.17, 15) is 5.26 Å². The van der Waals surface area contributed by atoms with Gasteiger partial charge in [-0.2, -0.15) is 5.26 Å². The molecule has 0 fully saturated rings. The normalized spacial score (nSPS) is 12.9. The molecular formula is C48H32N4. The van der Waals surface area contributed by atoms with Gasteiger partial charge in [0.25, 0.3) is 0 Å². The van der Waals surface area contributed by atoms with Gasteiger partial charge in [0.1, 0.15) is 0 Å². The van der Waals surface area contributed by atoms with E-state index in [1.807, 2.05) is 42.5 Å². The SMILES string of the molecule is CC1(C)c2ccccc2-c2c1ccc1c3ccccc3n(-c3cc(-c4ccc(C#N)cc4)cc(-c4nc(-c5ccccc5)c5ccccc5n4)c3)c21. The zero-order valence-electron chi connectivity index (χ0n) is 28.8. The largest absolute Gasteiger partial charge is 0.309 e. The van der Waals surface area contributed by atoms with Gasteiger partial charge in [0.05, 0.1) is 33.9 Å². The Morgan fingerprint density at radius 3 is 2.10 bits per heavy atom. The summed E-state index contributed by atoms with van der Waals surface area (Å²) < 4.78 is 2.44. The van der Waals surface area contributed by atoms with Gasteiger partial charge < -0.3 is 4.57 Å². The number of para-hydroxylation sites is 2. The summed E-state index contributed by atoms with van der Waals surface area (Å²) in [7, 11) is 0. The highest BCUT2D eigenvalue weighted by molar-refractivity contribution is 6.15. The summed E-state index contributed by atoms with van der Waals surface area (Å²) in [4.78, 5) is 10.5. The van der Waals surface area contributed by atoms with Crippen LogP contribution in [0.1, 0.15) is 30.5 Å². The predicted molar refractivity (Wildman–Crippen MR) is 212 cm³/mol. The number of hydrogen-bond donors (Lipinski definition) is 0. The number of benzene rings is 7. The maximum atomic E-state index is 9.58. The van der Waals surface area contributed by atoms with Gasteiger partial charge in [0.15, 0.2) is 5.82 Å². The van der Waals surface area contributed by atoms with Crippen LogP contribution in [-0.2, 0) is 5.41 Å². The van der Waals surface area contributed by atoms with Crippen LogP contribution < -0.4 is 0 Å². The molecule has 10 rings (SSSR count). The Hall–Kier alpha value is -6.83. The first-order valence-electron chi connectivity index (χ1n) is 17.6. The van der Waals surface area contributed by atoms with Crippen molar-refractivity contribution >= 4 is 32.7 Å². The zero-order valence-corrected chi connectivity index (χ0v) is 28.8. The van der Waals surface area contributed by atoms with Gasteiger partial charge in [0, 0.05) is 44.0 Å². The van der Waals surface area contributed by atoms with E-state index < -0.39 is 0 Å². The summed E-state index contributed by atoms with van der Waals surface area (Å²) in [5, 5.41) is 13.0. The van der Waals surface area contributed by atoms with Crippen LogP contribution in [0.25, 0.3) is 83.3 Å². The fourth-order valence-electron chi connectivity index (χ4n) is 8.31. The molecule has 244 valence electrons. The van der Waals surface area contributed by atoms with Crippen LogP contribution in [-0.4, -0.2) is 14.5 Å². The first-order valence-corrected chi connectivity index (χ1v) is 17.6. The fourth-order valence-corrected chi connectivity index (χ4v) is 8.31. The van der Waals surface area contributed by atoms with Crippen molar-refractivity contribution < 1.29 is 0 Å². The first kappa shape index (κ1) is 30.0. The maximum absolute atomic E-state index is 9.58. The minimum absolute atomic E-state index is 0.135. The molecule has 0 bridgehead atoms. The topological polar surface area (TPSA) is 54.5 Å². The molecular weight excluding hydrogens is 633 g/mol. The molecule has 4 nitrogen and oxygen atoms in total. The molecule has 0 radical (unpaired) electrons. The lowest BCUT2D eigenvalue weighted by Gasteiger charge is -2.21. The molecule has 1 aliphatic carbocycles. The van der Waals surface area contributed by atoms with Crippen molar-refractivity contribution in [2.75, 3.05) is 0 Å². The van der Waals surface area contributed by atoms with Gasteiger partial charge >= 0.3 is 0 Å². The fraction of sp³-hybridized carbons (Fsp3) is 0.0625. The van der Waals surface area contributed by atoms with Crippen molar-refractivity contribution in [3.8, 4) is 56.7 Å². The Kier molecular flexibility index (Phi) is 6.55. The van der Waals surface area contributed by atoms with Gasteiger partial charge in [-0.3, -0.25) is 0 Å². The number of rotatable bonds is 4. The van der Waals surface area contributed by atoms with Crippen molar-refractivity contribution in [2.24, 2.45) is 0 Å². The molecule has 0 N–H and O–H groups in total. The molecule has 0 amide bonds. The molecule has 0 saturated carbocycles. The molecule has 0 saturated heterocycles. The highest BCUT2D eigenvalue weighted by Crippen LogP contribution is 2.53. The Labute approximate surface area is 301 Å². The molecule has 0 atom stereocenters. The Morgan fingerprint density at radius 2 is 1.27 bits per heavy atom. The summed E-state index contributed by atoms with van der Waals surface area (Å²) in [6.07, 6.45) is 0. The van der Waals surface area contributed by atoms with E-state index in [2.05, 4.69) is 140 Å². The van der Waals surface area contributed by atoms with Gasteiger partial charge in [-0.15, -0.1) is 0 Å². The second-order valence-electron chi connectivity index (χ2n) is 14.1. The highest BCUT2D eigenvalue weighted by atomic mass is 15.0. The molecule has 2 aromatic heterocycles. The van der Waals surface area contributed by atoms with E-state index in [-0.39, 0.29) is 5.41 Å². The summed E-state index contributed by atoms with van der Waals surface area (Å²) >= 11 is 0. The molecule has 52 heavy (non-hydrogen) atoms. The van der Waals surface area contributed by atoms with Crippen LogP contribution >= 0.6 is 0 Å². The molecule has 4 heteroatoms. The average Bonchev–Trinajstić information content (AvgIpc) is 3.66. The van der Waals surface area contributed by atoms with E-state index in [1.165, 1.54) is 38.5 Å². The minimum atomic E-state index is -0.135. The monoisotopic (exact) mass is 664 g/mol. The standard InChI is InChI=1S/C48H32N4/c1-48(2)40-17-9-6-15-38(40)44-41(48)25-24-37-36-14-8-11-19-43(36)52(46(37)44)35-27-33(31-22-20-30(29-49)21-23-31)26-34(28-35)47-50-42-18-10-7-16-39(42)45(51-47)32-12-4-3-5-13-32/h3-28H,1-2H3. The Bertz CT molecular complexity index is 2930. The summed E-state index contributed by atoms with van der Waals surface area (Å²) in [5.41, 5.74) is 14.9. The molecule has 0 aliphatic heterocycles. The third-order valence-corrected chi connectivity index (χ3v) is 10.8. The minimum Gasteiger partial charge on any atom is -0.309 e. The number of fused-ring (bicyclic) bond motifs is 8. The lowest BCUT2D eigenvalue weighted by Crippen LogP contribution is -2.14. The highest BCUT2D eigenvalue weighted by Gasteiger charge is 2.37. The van der Waals surface area contributed by atoms with Crippen molar-refractivity contribution in [1.82, 2.24) is 14.5 Å². The average molecular weight is 665 g/mol. The van der Waals surface area contributed by atoms with Crippen LogP contribution in [0.4, 0.5) is 0 Å². The van der Waals surface area contributed by atoms with Crippen LogP contribution in [0.5, 0.6) is 0 Å². The molecule has 1 aliphatic rings. The number of hydrogen-bond acceptors (Lipinski definition) is 3. The van der Waals surface area contributed by atoms with Crippen LogP contribution in [0.2, 0.25) is 0 Å². The van der Waals surface area contributed by atoms with Gasteiger partial charge in [-0.25, -0.2) is 9.97 Å². The van der Waals surface area contributed by atoms with Crippen LogP contribution in [0.3, 0.4) is 0 Å². The van der Waals surface area contributed by atoms with E-state index in [1.54, 1.807) is 0 Å². The smallest absolute Gasteiger partial charge is 0.160 e. The summed E-state index contributed by atoms with van der Waals surface area (Å²) in [6.45, 7) is 4.67. The quantitative estimate of drug-likeness (QED) is 0.188. The number of nitriles is 1. The Balaban J connectivity index is 1.31. The van der Waals surface area contributed by atoms with Crippen LogP contribution in [0.15, 0.2) is 158 Å². The van der Waals surface area contributed by atoms with E-state index in [0.717, 1.165) is 50.1 Å². The van der Waals surface area contributed by atoms with Gasteiger partial charge in [-0.1, -0.05) is 129 Å². The Morgan fingerprint density at radius 1 is 0.558 bits per heavy atom. The third kappa shape index (κ3) is 4.46. The lowest BCUT2D eigenvalue weighted by molar-refractivity contribution is 0.661. The summed E-state index contributed by atoms with van der Waals surface area (Å²) in [5.74, 6) is 0.659. The second kappa shape index (κ2) is 11.3. The van der Waals surface area contributed by atoms with Crippen molar-refractivity contribution in [2.45, 2.75) is 19.3 Å². The zero-order chi connectivity index (χ0) is 35.0. The van der Waals surface area contributed by atoms with Crippen molar-refractivity contribution in [3.63, 3.8) is 0 Å². The number of nitrogens with zero attached hydrogens (tertiary/aromatic N) is 4. The van der Waals surface area contributed by atoms with E-state index >= 15 is 0 Å². The summed E-state index contributed by atoms with van der Waals surface area (Å²) in [6, 6.07) is 57.6. The van der Waals surface area contributed by atoms with Crippen molar-refractivity contribution in [1.29, 1.82) is 5.26 Å². The third-order valence-electron chi connectivity index (χ3n) is 10.8. The lowest BCUT2D eigenvalue weighted by atomic mass is 9.82. The molecule has 2 heterocycles. The first-order chi connectivity index (χ1) is 25.5. The van der Waals surface area contributed by atoms with Gasteiger partial charge in [0.2, 0.25) is 0 Å². The molecule has 9 aromatic rings. The van der Waals surface area contributed by atoms with Crippen LogP contribution in [0, 0.1) is 11.3 Å². The van der Waals surface area contributed by atoms with Crippen molar-refractivity contribution in [3.05, 3.63) is 174 Å². The maximum Gasteiger partial charge on any atom is 0.160 e. The van der Waals surface area contributed by atoms with Gasteiger partial charge in [-0.05, 0) is 70.3 Å².